The number of nitrogens with one attached hydrogen (secondary N) is 2. The Morgan fingerprint density at radius 3 is 2.91 bits per heavy atom. The summed E-state index contributed by atoms with van der Waals surface area (Å²) in [5.74, 6) is 0.0394. The number of H-pyrrole nitrogens is 1. The number of methoxy groups -OCH3 is 1. The number of carbonyl (C=O) groups excluding carboxylic acids is 1. The van der Waals surface area contributed by atoms with Crippen LogP contribution in [0.5, 0.6) is 0 Å². The molecule has 0 aliphatic heterocycles. The number of ether oxygens (including phenoxy) is 1. The Labute approximate surface area is 129 Å². The molecular weight excluding hydrogens is 305 g/mol. The maximum Gasteiger partial charge on any atom is 0.413 e. The molecule has 5 nitrogen and oxygen atoms in total. The molecule has 2 aromatic carbocycles. The lowest BCUT2D eigenvalue weighted by Gasteiger charge is -2.02. The lowest BCUT2D eigenvalue weighted by molar-refractivity contribution is 0.186. The molecule has 0 saturated heterocycles. The minimum atomic E-state index is -0.597. The van der Waals surface area contributed by atoms with Crippen molar-refractivity contribution < 1.29 is 13.9 Å². The summed E-state index contributed by atoms with van der Waals surface area (Å²) in [5, 5.41) is 2.46. The Hall–Kier alpha value is -2.54. The first-order valence-corrected chi connectivity index (χ1v) is 7.24. The third-order valence-electron chi connectivity index (χ3n) is 2.92. The molecular formula is C15H12FN3O2S. The van der Waals surface area contributed by atoms with Crippen molar-refractivity contribution in [2.75, 3.05) is 12.4 Å². The number of aromatic amines is 1. The highest BCUT2D eigenvalue weighted by molar-refractivity contribution is 7.99. The first kappa shape index (κ1) is 14.4. The highest BCUT2D eigenvalue weighted by Crippen LogP contribution is 2.31. The van der Waals surface area contributed by atoms with Gasteiger partial charge in [-0.1, -0.05) is 23.9 Å². The maximum absolute atomic E-state index is 13.7. The summed E-state index contributed by atoms with van der Waals surface area (Å²) >= 11 is 1.32. The summed E-state index contributed by atoms with van der Waals surface area (Å²) in [6.07, 6.45) is -0.597. The van der Waals surface area contributed by atoms with E-state index in [9.17, 15) is 9.18 Å². The van der Waals surface area contributed by atoms with Gasteiger partial charge < -0.3 is 9.72 Å². The Bertz CT molecular complexity index is 835. The number of rotatable bonds is 3. The second-order valence-electron chi connectivity index (χ2n) is 4.41. The molecule has 1 amide bonds. The number of halogens is 1. The van der Waals surface area contributed by atoms with Gasteiger partial charge in [0.25, 0.3) is 0 Å². The van der Waals surface area contributed by atoms with Gasteiger partial charge in [-0.25, -0.2) is 14.2 Å². The van der Waals surface area contributed by atoms with Gasteiger partial charge >= 0.3 is 6.09 Å². The third kappa shape index (κ3) is 3.04. The van der Waals surface area contributed by atoms with E-state index in [1.165, 1.54) is 24.9 Å². The molecule has 7 heteroatoms. The van der Waals surface area contributed by atoms with Gasteiger partial charge in [-0.2, -0.15) is 0 Å². The average Bonchev–Trinajstić information content (AvgIpc) is 2.91. The fraction of sp³-hybridized carbons (Fsp3) is 0.0667. The molecule has 0 radical (unpaired) electrons. The minimum Gasteiger partial charge on any atom is -0.453 e. The molecule has 1 heterocycles. The molecule has 1 aromatic heterocycles. The zero-order valence-electron chi connectivity index (χ0n) is 11.6. The van der Waals surface area contributed by atoms with Crippen LogP contribution in [0.25, 0.3) is 11.0 Å². The number of anilines is 1. The van der Waals surface area contributed by atoms with E-state index < -0.39 is 6.09 Å². The fourth-order valence-electron chi connectivity index (χ4n) is 1.91. The van der Waals surface area contributed by atoms with Crippen LogP contribution < -0.4 is 5.32 Å². The van der Waals surface area contributed by atoms with E-state index in [-0.39, 0.29) is 5.82 Å². The van der Waals surface area contributed by atoms with E-state index in [1.54, 1.807) is 18.2 Å². The largest absolute Gasteiger partial charge is 0.453 e. The average molecular weight is 317 g/mol. The van der Waals surface area contributed by atoms with E-state index >= 15 is 0 Å². The van der Waals surface area contributed by atoms with Crippen molar-refractivity contribution in [3.63, 3.8) is 0 Å². The predicted molar refractivity (Wildman–Crippen MR) is 82.6 cm³/mol. The van der Waals surface area contributed by atoms with Gasteiger partial charge in [-0.15, -0.1) is 0 Å². The van der Waals surface area contributed by atoms with Crippen molar-refractivity contribution in [2.45, 2.75) is 9.79 Å². The molecule has 0 unspecified atom stereocenters. The first-order chi connectivity index (χ1) is 10.7. The van der Waals surface area contributed by atoms with Crippen LogP contribution in [0, 0.1) is 5.82 Å². The van der Waals surface area contributed by atoms with Crippen LogP contribution in [0.15, 0.2) is 52.3 Å². The molecule has 0 bridgehead atoms. The number of benzene rings is 2. The summed E-state index contributed by atoms with van der Waals surface area (Å²) in [7, 11) is 1.28. The second-order valence-corrected chi connectivity index (χ2v) is 5.53. The second kappa shape index (κ2) is 6.07. The quantitative estimate of drug-likeness (QED) is 0.765. The van der Waals surface area contributed by atoms with Crippen molar-refractivity contribution in [1.82, 2.24) is 9.97 Å². The summed E-state index contributed by atoms with van der Waals surface area (Å²) in [4.78, 5) is 19.8. The molecule has 0 fully saturated rings. The number of imidazole rings is 1. The highest BCUT2D eigenvalue weighted by Gasteiger charge is 2.09. The third-order valence-corrected chi connectivity index (χ3v) is 3.97. The fourth-order valence-corrected chi connectivity index (χ4v) is 2.78. The van der Waals surface area contributed by atoms with Crippen LogP contribution in [-0.4, -0.2) is 23.2 Å². The standard InChI is InChI=1S/C15H12FN3O2S/c1-21-15(20)19-14-17-11-7-6-9(8-12(11)18-14)22-13-5-3-2-4-10(13)16/h2-8H,1H3,(H2,17,18,19,20). The Morgan fingerprint density at radius 2 is 2.14 bits per heavy atom. The van der Waals surface area contributed by atoms with E-state index in [4.69, 9.17) is 0 Å². The first-order valence-electron chi connectivity index (χ1n) is 6.43. The van der Waals surface area contributed by atoms with Gasteiger partial charge in [-0.3, -0.25) is 5.32 Å². The Kier molecular flexibility index (Phi) is 3.97. The maximum atomic E-state index is 13.7. The summed E-state index contributed by atoms with van der Waals surface area (Å²) in [6.45, 7) is 0. The van der Waals surface area contributed by atoms with E-state index in [2.05, 4.69) is 20.0 Å². The van der Waals surface area contributed by atoms with Crippen molar-refractivity contribution >= 4 is 34.8 Å². The summed E-state index contributed by atoms with van der Waals surface area (Å²) in [6, 6.07) is 12.1. The number of carbonyl (C=O) groups is 1. The number of hydrogen-bond donors (Lipinski definition) is 2. The minimum absolute atomic E-state index is 0.261. The van der Waals surface area contributed by atoms with Gasteiger partial charge in [0.15, 0.2) is 0 Å². The van der Waals surface area contributed by atoms with Crippen molar-refractivity contribution in [3.8, 4) is 0 Å². The van der Waals surface area contributed by atoms with Gasteiger partial charge in [-0.05, 0) is 30.3 Å². The Morgan fingerprint density at radius 1 is 1.32 bits per heavy atom. The predicted octanol–water partition coefficient (Wildman–Crippen LogP) is 4.03. The molecule has 0 saturated carbocycles. The van der Waals surface area contributed by atoms with E-state index in [0.717, 1.165) is 10.4 Å². The summed E-state index contributed by atoms with van der Waals surface area (Å²) < 4.78 is 18.2. The van der Waals surface area contributed by atoms with Gasteiger partial charge in [0.1, 0.15) is 5.82 Å². The lowest BCUT2D eigenvalue weighted by atomic mass is 10.3. The summed E-state index contributed by atoms with van der Waals surface area (Å²) in [5.41, 5.74) is 1.44. The number of fused-ring (bicyclic) bond motifs is 1. The van der Waals surface area contributed by atoms with Crippen LogP contribution in [0.1, 0.15) is 0 Å². The molecule has 0 spiro atoms. The van der Waals surface area contributed by atoms with Crippen molar-refractivity contribution in [2.24, 2.45) is 0 Å². The van der Waals surface area contributed by atoms with Crippen molar-refractivity contribution in [3.05, 3.63) is 48.3 Å². The molecule has 112 valence electrons. The number of aromatic nitrogens is 2. The normalized spacial score (nSPS) is 10.6. The van der Waals surface area contributed by atoms with E-state index in [1.807, 2.05) is 18.2 Å². The Balaban J connectivity index is 1.86. The van der Waals surface area contributed by atoms with E-state index in [0.29, 0.717) is 16.4 Å². The van der Waals surface area contributed by atoms with Crippen LogP contribution in [0.3, 0.4) is 0 Å². The van der Waals surface area contributed by atoms with Crippen LogP contribution in [-0.2, 0) is 4.74 Å². The van der Waals surface area contributed by atoms with Crippen molar-refractivity contribution in [1.29, 1.82) is 0 Å². The molecule has 22 heavy (non-hydrogen) atoms. The van der Waals surface area contributed by atoms with Gasteiger partial charge in [0.2, 0.25) is 5.95 Å². The van der Waals surface area contributed by atoms with Gasteiger partial charge in [0, 0.05) is 9.79 Å². The molecule has 3 rings (SSSR count). The number of nitrogens with zero attached hydrogens (tertiary/aromatic N) is 1. The topological polar surface area (TPSA) is 67.0 Å². The lowest BCUT2D eigenvalue weighted by Crippen LogP contribution is -2.11. The number of amides is 1. The highest BCUT2D eigenvalue weighted by atomic mass is 32.2. The number of hydrogen-bond acceptors (Lipinski definition) is 4. The molecule has 0 aliphatic rings. The monoisotopic (exact) mass is 317 g/mol. The zero-order valence-corrected chi connectivity index (χ0v) is 12.4. The van der Waals surface area contributed by atoms with Crippen LogP contribution in [0.4, 0.5) is 15.1 Å². The van der Waals surface area contributed by atoms with Crippen LogP contribution >= 0.6 is 11.8 Å². The smallest absolute Gasteiger partial charge is 0.413 e. The molecule has 3 aromatic rings. The van der Waals surface area contributed by atoms with Gasteiger partial charge in [0.05, 0.1) is 18.1 Å². The zero-order chi connectivity index (χ0) is 15.5. The van der Waals surface area contributed by atoms with Crippen LogP contribution in [0.2, 0.25) is 0 Å². The molecule has 0 atom stereocenters. The SMILES string of the molecule is COC(=O)Nc1nc2cc(Sc3ccccc3F)ccc2[nH]1. The molecule has 0 aliphatic carbocycles. The molecule has 2 N–H and O–H groups in total.